The molecule has 7 nitrogen and oxygen atoms in total. The Morgan fingerprint density at radius 3 is 2.65 bits per heavy atom. The average Bonchev–Trinajstić information content (AvgIpc) is 3.46. The molecule has 2 aromatic rings. The normalized spacial score (nSPS) is 19.3. The zero-order valence-corrected chi connectivity index (χ0v) is 17.4. The first-order chi connectivity index (χ1) is 15.1. The summed E-state index contributed by atoms with van der Waals surface area (Å²) in [4.78, 5) is 39.3. The third kappa shape index (κ3) is 5.30. The first-order valence-electron chi connectivity index (χ1n) is 10.8. The monoisotopic (exact) mass is 421 g/mol. The molecule has 2 aliphatic heterocycles. The first-order valence-corrected chi connectivity index (χ1v) is 10.8. The summed E-state index contributed by atoms with van der Waals surface area (Å²) in [6.45, 7) is 1.74. The molecule has 0 spiro atoms. The molecule has 0 radical (unpaired) electrons. The van der Waals surface area contributed by atoms with Crippen LogP contribution in [0.3, 0.4) is 0 Å². The highest BCUT2D eigenvalue weighted by molar-refractivity contribution is 5.98. The van der Waals surface area contributed by atoms with Gasteiger partial charge in [-0.15, -0.1) is 0 Å². The van der Waals surface area contributed by atoms with Gasteiger partial charge in [0.25, 0.3) is 11.8 Å². The van der Waals surface area contributed by atoms with Crippen LogP contribution < -0.4 is 10.6 Å². The van der Waals surface area contributed by atoms with Gasteiger partial charge in [-0.05, 0) is 43.0 Å². The van der Waals surface area contributed by atoms with Crippen molar-refractivity contribution < 1.29 is 19.1 Å². The van der Waals surface area contributed by atoms with Crippen molar-refractivity contribution in [3.8, 4) is 0 Å². The minimum Gasteiger partial charge on any atom is -0.368 e. The van der Waals surface area contributed by atoms with Gasteiger partial charge in [-0.2, -0.15) is 0 Å². The van der Waals surface area contributed by atoms with Crippen molar-refractivity contribution in [1.29, 1.82) is 0 Å². The molecule has 7 heteroatoms. The molecule has 0 unspecified atom stereocenters. The van der Waals surface area contributed by atoms with E-state index in [0.29, 0.717) is 43.8 Å². The van der Waals surface area contributed by atoms with E-state index in [1.807, 2.05) is 30.3 Å². The number of nitrogens with one attached hydrogen (secondary N) is 2. The smallest absolute Gasteiger partial charge is 0.253 e. The summed E-state index contributed by atoms with van der Waals surface area (Å²) in [6, 6.07) is 16.2. The van der Waals surface area contributed by atoms with Gasteiger partial charge >= 0.3 is 0 Å². The molecule has 0 saturated carbocycles. The summed E-state index contributed by atoms with van der Waals surface area (Å²) in [5, 5.41) is 5.89. The quantitative estimate of drug-likeness (QED) is 0.720. The van der Waals surface area contributed by atoms with Gasteiger partial charge in [-0.1, -0.05) is 36.4 Å². The lowest BCUT2D eigenvalue weighted by atomic mass is 10.1. The Labute approximate surface area is 181 Å². The van der Waals surface area contributed by atoms with E-state index in [9.17, 15) is 14.4 Å². The fourth-order valence-corrected chi connectivity index (χ4v) is 4.02. The van der Waals surface area contributed by atoms with Crippen molar-refractivity contribution in [2.45, 2.75) is 37.8 Å². The number of likely N-dealkylation sites (tertiary alicyclic amines) is 1. The van der Waals surface area contributed by atoms with Crippen LogP contribution in [0, 0.1) is 0 Å². The Kier molecular flexibility index (Phi) is 6.62. The number of anilines is 1. The topological polar surface area (TPSA) is 87.7 Å². The number of ether oxygens (including phenoxy) is 1. The van der Waals surface area contributed by atoms with E-state index in [4.69, 9.17) is 4.74 Å². The summed E-state index contributed by atoms with van der Waals surface area (Å²) in [7, 11) is 0. The van der Waals surface area contributed by atoms with Crippen LogP contribution in [0.4, 0.5) is 5.69 Å². The van der Waals surface area contributed by atoms with Gasteiger partial charge in [-0.3, -0.25) is 14.4 Å². The number of hydrogen-bond acceptors (Lipinski definition) is 4. The molecule has 2 fully saturated rings. The molecule has 0 aromatic heterocycles. The fraction of sp³-hybridized carbons (Fsp3) is 0.375. The van der Waals surface area contributed by atoms with Crippen LogP contribution in [0.15, 0.2) is 54.6 Å². The molecular formula is C24H27N3O4. The molecule has 4 rings (SSSR count). The fourth-order valence-electron chi connectivity index (χ4n) is 4.02. The molecule has 2 aliphatic rings. The summed E-state index contributed by atoms with van der Waals surface area (Å²) in [6.07, 6.45) is 2.56. The third-order valence-corrected chi connectivity index (χ3v) is 5.70. The molecular weight excluding hydrogens is 394 g/mol. The molecule has 31 heavy (non-hydrogen) atoms. The molecule has 0 bridgehead atoms. The van der Waals surface area contributed by atoms with E-state index in [0.717, 1.165) is 18.4 Å². The van der Waals surface area contributed by atoms with Crippen molar-refractivity contribution in [3.63, 3.8) is 0 Å². The van der Waals surface area contributed by atoms with Crippen molar-refractivity contribution in [1.82, 2.24) is 10.2 Å². The van der Waals surface area contributed by atoms with Crippen molar-refractivity contribution >= 4 is 23.4 Å². The number of rotatable bonds is 7. The molecule has 162 valence electrons. The zero-order valence-electron chi connectivity index (χ0n) is 17.4. The average molecular weight is 421 g/mol. The maximum atomic E-state index is 13.0. The van der Waals surface area contributed by atoms with Gasteiger partial charge in [0.15, 0.2) is 0 Å². The van der Waals surface area contributed by atoms with Crippen molar-refractivity contribution in [3.05, 3.63) is 65.7 Å². The Hall–Kier alpha value is -3.19. The molecule has 3 amide bonds. The lowest BCUT2D eigenvalue weighted by Crippen LogP contribution is -2.38. The lowest BCUT2D eigenvalue weighted by molar-refractivity contribution is -0.128. The predicted octanol–water partition coefficient (Wildman–Crippen LogP) is 2.90. The summed E-state index contributed by atoms with van der Waals surface area (Å²) < 4.78 is 5.41. The maximum absolute atomic E-state index is 13.0. The molecule has 2 heterocycles. The molecule has 2 aromatic carbocycles. The van der Waals surface area contributed by atoms with Gasteiger partial charge in [-0.25, -0.2) is 0 Å². The highest BCUT2D eigenvalue weighted by Gasteiger charge is 2.26. The van der Waals surface area contributed by atoms with E-state index in [2.05, 4.69) is 10.6 Å². The second kappa shape index (κ2) is 9.75. The highest BCUT2D eigenvalue weighted by Crippen LogP contribution is 2.20. The predicted molar refractivity (Wildman–Crippen MR) is 117 cm³/mol. The maximum Gasteiger partial charge on any atom is 0.253 e. The van der Waals surface area contributed by atoms with Gasteiger partial charge in [0.05, 0.1) is 6.04 Å². The van der Waals surface area contributed by atoms with Crippen LogP contribution in [0.5, 0.6) is 0 Å². The summed E-state index contributed by atoms with van der Waals surface area (Å²) in [5.41, 5.74) is 1.94. The lowest BCUT2D eigenvalue weighted by Gasteiger charge is -2.25. The minimum atomic E-state index is -0.432. The van der Waals surface area contributed by atoms with Crippen LogP contribution in [0.1, 0.15) is 47.6 Å². The van der Waals surface area contributed by atoms with Gasteiger partial charge in [0.2, 0.25) is 5.91 Å². The molecule has 2 N–H and O–H groups in total. The molecule has 0 aliphatic carbocycles. The molecule has 2 atom stereocenters. The Balaban J connectivity index is 1.46. The largest absolute Gasteiger partial charge is 0.368 e. The number of amides is 3. The number of nitrogens with zero attached hydrogens (tertiary/aromatic N) is 1. The van der Waals surface area contributed by atoms with Crippen LogP contribution >= 0.6 is 0 Å². The van der Waals surface area contributed by atoms with E-state index in [-0.39, 0.29) is 23.8 Å². The van der Waals surface area contributed by atoms with Crippen molar-refractivity contribution in [2.24, 2.45) is 0 Å². The Morgan fingerprint density at radius 2 is 1.94 bits per heavy atom. The Morgan fingerprint density at radius 1 is 1.10 bits per heavy atom. The molecule has 2 saturated heterocycles. The van der Waals surface area contributed by atoms with Crippen molar-refractivity contribution in [2.75, 3.05) is 25.0 Å². The van der Waals surface area contributed by atoms with Gasteiger partial charge in [0, 0.05) is 37.4 Å². The van der Waals surface area contributed by atoms with E-state index in [1.165, 1.54) is 0 Å². The number of hydrogen-bond donors (Lipinski definition) is 2. The van der Waals surface area contributed by atoms with Crippen LogP contribution in [0.25, 0.3) is 0 Å². The summed E-state index contributed by atoms with van der Waals surface area (Å²) in [5.74, 6) is -0.326. The van der Waals surface area contributed by atoms with Crippen LogP contribution in [-0.4, -0.2) is 48.4 Å². The third-order valence-electron chi connectivity index (χ3n) is 5.70. The Bertz CT molecular complexity index is 941. The van der Waals surface area contributed by atoms with E-state index < -0.39 is 6.10 Å². The highest BCUT2D eigenvalue weighted by atomic mass is 16.5. The second-order valence-electron chi connectivity index (χ2n) is 7.95. The van der Waals surface area contributed by atoms with Gasteiger partial charge < -0.3 is 20.3 Å². The van der Waals surface area contributed by atoms with E-state index in [1.54, 1.807) is 29.2 Å². The van der Waals surface area contributed by atoms with E-state index >= 15 is 0 Å². The van der Waals surface area contributed by atoms with Gasteiger partial charge in [0.1, 0.15) is 6.10 Å². The summed E-state index contributed by atoms with van der Waals surface area (Å²) >= 11 is 0. The zero-order chi connectivity index (χ0) is 21.6. The number of carbonyl (C=O) groups is 3. The van der Waals surface area contributed by atoms with Crippen LogP contribution in [-0.2, 0) is 14.3 Å². The van der Waals surface area contributed by atoms with Crippen LogP contribution in [0.2, 0.25) is 0 Å². The number of carbonyl (C=O) groups excluding carboxylic acids is 3. The number of benzene rings is 2. The standard InChI is InChI=1S/C24H27N3O4/c28-22-12-5-13-27(22)16-20(17-7-2-1-3-8-17)26-23(29)18-9-4-10-19(15-18)25-24(30)21-11-6-14-31-21/h1-4,7-10,15,20-21H,5-6,11-14,16H2,(H,25,30)(H,26,29)/t20-,21-/m0/s1. The minimum absolute atomic E-state index is 0.119. The SMILES string of the molecule is O=C(N[C@@H](CN1CCCC1=O)c1ccccc1)c1cccc(NC(=O)[C@@H]2CCCO2)c1. The second-order valence-corrected chi connectivity index (χ2v) is 7.95. The first kappa shape index (κ1) is 21.1.